The number of carbonyl (C=O) groups excluding carboxylic acids is 1. The third kappa shape index (κ3) is 3.35. The fourth-order valence-electron chi connectivity index (χ4n) is 2.69. The number of nitrogens with zero attached hydrogens (tertiary/aromatic N) is 2. The number of hydrogen-bond donors (Lipinski definition) is 2. The highest BCUT2D eigenvalue weighted by Crippen LogP contribution is 2.32. The standard InChI is InChI=1S/C18H18N4O3/c1-12-4-5-22-10-14(21-17(22)6-12)9-20-18(23)19-8-13-2-3-15-16(7-13)25-11-24-15/h2-7,10H,8-9,11H2,1H3,(H2,19,20,23). The van der Waals surface area contributed by atoms with Crippen molar-refractivity contribution >= 4 is 11.7 Å². The molecule has 7 nitrogen and oxygen atoms in total. The molecule has 0 saturated carbocycles. The largest absolute Gasteiger partial charge is 0.454 e. The summed E-state index contributed by atoms with van der Waals surface area (Å²) in [5.74, 6) is 1.44. The third-order valence-electron chi connectivity index (χ3n) is 3.99. The van der Waals surface area contributed by atoms with Crippen LogP contribution in [0.15, 0.2) is 42.7 Å². The topological polar surface area (TPSA) is 76.9 Å². The Morgan fingerprint density at radius 3 is 2.92 bits per heavy atom. The minimum Gasteiger partial charge on any atom is -0.454 e. The number of carbonyl (C=O) groups is 1. The summed E-state index contributed by atoms with van der Waals surface area (Å²) in [6.07, 6.45) is 3.87. The average Bonchev–Trinajstić information content (AvgIpc) is 3.23. The number of hydrogen-bond acceptors (Lipinski definition) is 4. The molecule has 2 N–H and O–H groups in total. The van der Waals surface area contributed by atoms with Crippen LogP contribution < -0.4 is 20.1 Å². The van der Waals surface area contributed by atoms with Gasteiger partial charge in [0, 0.05) is 18.9 Å². The van der Waals surface area contributed by atoms with Crippen molar-refractivity contribution in [2.45, 2.75) is 20.0 Å². The molecule has 0 aliphatic carbocycles. The molecule has 0 fully saturated rings. The van der Waals surface area contributed by atoms with Gasteiger partial charge in [-0.1, -0.05) is 6.07 Å². The monoisotopic (exact) mass is 338 g/mol. The van der Waals surface area contributed by atoms with Crippen LogP contribution in [0.1, 0.15) is 16.8 Å². The van der Waals surface area contributed by atoms with Crippen LogP contribution >= 0.6 is 0 Å². The predicted octanol–water partition coefficient (Wildman–Crippen LogP) is 2.37. The van der Waals surface area contributed by atoms with Crippen LogP contribution in [-0.4, -0.2) is 22.2 Å². The molecule has 1 aromatic carbocycles. The first kappa shape index (κ1) is 15.3. The van der Waals surface area contributed by atoms with Crippen molar-refractivity contribution in [3.63, 3.8) is 0 Å². The van der Waals surface area contributed by atoms with Gasteiger partial charge in [0.05, 0.1) is 12.2 Å². The van der Waals surface area contributed by atoms with Crippen LogP contribution in [0.2, 0.25) is 0 Å². The van der Waals surface area contributed by atoms with Crippen LogP contribution in [0.4, 0.5) is 4.79 Å². The summed E-state index contributed by atoms with van der Waals surface area (Å²) < 4.78 is 12.5. The van der Waals surface area contributed by atoms with Crippen LogP contribution in [0, 0.1) is 6.92 Å². The fraction of sp³-hybridized carbons (Fsp3) is 0.222. The number of ether oxygens (including phenoxy) is 2. The molecule has 1 aliphatic heterocycles. The molecule has 0 unspecified atom stereocenters. The summed E-state index contributed by atoms with van der Waals surface area (Å²) in [7, 11) is 0. The molecular formula is C18H18N4O3. The number of urea groups is 1. The number of aryl methyl sites for hydroxylation is 1. The SMILES string of the molecule is Cc1ccn2cc(CNC(=O)NCc3ccc4c(c3)OCO4)nc2c1. The van der Waals surface area contributed by atoms with Crippen molar-refractivity contribution in [2.24, 2.45) is 0 Å². The summed E-state index contributed by atoms with van der Waals surface area (Å²) in [6.45, 7) is 3.04. The Morgan fingerprint density at radius 1 is 1.16 bits per heavy atom. The van der Waals surface area contributed by atoms with Gasteiger partial charge in [-0.3, -0.25) is 0 Å². The molecule has 3 heterocycles. The second-order valence-electron chi connectivity index (χ2n) is 5.93. The molecule has 1 aliphatic rings. The molecule has 128 valence electrons. The van der Waals surface area contributed by atoms with E-state index in [1.807, 2.05) is 54.0 Å². The molecule has 0 bridgehead atoms. The number of amides is 2. The normalized spacial score (nSPS) is 12.4. The van der Waals surface area contributed by atoms with E-state index in [0.717, 1.165) is 28.2 Å². The lowest BCUT2D eigenvalue weighted by atomic mass is 10.2. The minimum absolute atomic E-state index is 0.241. The molecule has 4 rings (SSSR count). The smallest absolute Gasteiger partial charge is 0.315 e. The van der Waals surface area contributed by atoms with Crippen molar-refractivity contribution in [3.05, 3.63) is 59.5 Å². The van der Waals surface area contributed by atoms with Crippen LogP contribution in [0.5, 0.6) is 11.5 Å². The number of aromatic nitrogens is 2. The van der Waals surface area contributed by atoms with Gasteiger partial charge in [0.2, 0.25) is 6.79 Å². The molecule has 2 aromatic heterocycles. The van der Waals surface area contributed by atoms with E-state index in [0.29, 0.717) is 18.8 Å². The Morgan fingerprint density at radius 2 is 2.00 bits per heavy atom. The zero-order valence-electron chi connectivity index (χ0n) is 13.8. The summed E-state index contributed by atoms with van der Waals surface area (Å²) in [5, 5.41) is 5.64. The van der Waals surface area contributed by atoms with Crippen LogP contribution in [-0.2, 0) is 13.1 Å². The second kappa shape index (κ2) is 6.35. The average molecular weight is 338 g/mol. The predicted molar refractivity (Wildman–Crippen MR) is 91.6 cm³/mol. The summed E-state index contributed by atoms with van der Waals surface area (Å²) in [4.78, 5) is 16.5. The third-order valence-corrected chi connectivity index (χ3v) is 3.99. The van der Waals surface area contributed by atoms with Gasteiger partial charge in [-0.15, -0.1) is 0 Å². The number of rotatable bonds is 4. The van der Waals surface area contributed by atoms with Gasteiger partial charge in [0.1, 0.15) is 5.65 Å². The van der Waals surface area contributed by atoms with Crippen molar-refractivity contribution in [2.75, 3.05) is 6.79 Å². The van der Waals surface area contributed by atoms with Gasteiger partial charge in [0.15, 0.2) is 11.5 Å². The number of imidazole rings is 1. The van der Waals surface area contributed by atoms with Gasteiger partial charge in [-0.2, -0.15) is 0 Å². The number of pyridine rings is 1. The maximum atomic E-state index is 12.0. The van der Waals surface area contributed by atoms with E-state index in [-0.39, 0.29) is 12.8 Å². The lowest BCUT2D eigenvalue weighted by molar-refractivity contribution is 0.174. The van der Waals surface area contributed by atoms with E-state index < -0.39 is 0 Å². The van der Waals surface area contributed by atoms with E-state index in [9.17, 15) is 4.79 Å². The first-order valence-corrected chi connectivity index (χ1v) is 8.02. The zero-order chi connectivity index (χ0) is 17.2. The van der Waals surface area contributed by atoms with E-state index >= 15 is 0 Å². The van der Waals surface area contributed by atoms with Gasteiger partial charge in [-0.05, 0) is 42.3 Å². The first-order chi connectivity index (χ1) is 12.2. The maximum absolute atomic E-state index is 12.0. The Kier molecular flexibility index (Phi) is 3.89. The van der Waals surface area contributed by atoms with E-state index in [1.165, 1.54) is 0 Å². The summed E-state index contributed by atoms with van der Waals surface area (Å²) >= 11 is 0. The van der Waals surface area contributed by atoms with Gasteiger partial charge >= 0.3 is 6.03 Å². The highest BCUT2D eigenvalue weighted by atomic mass is 16.7. The lowest BCUT2D eigenvalue weighted by Crippen LogP contribution is -2.34. The molecule has 0 spiro atoms. The Balaban J connectivity index is 1.31. The quantitative estimate of drug-likeness (QED) is 0.766. The van der Waals surface area contributed by atoms with Crippen molar-refractivity contribution in [1.29, 1.82) is 0 Å². The Hall–Kier alpha value is -3.22. The first-order valence-electron chi connectivity index (χ1n) is 8.02. The van der Waals surface area contributed by atoms with E-state index in [2.05, 4.69) is 15.6 Å². The molecule has 0 atom stereocenters. The Labute approximate surface area is 144 Å². The van der Waals surface area contributed by atoms with Gasteiger partial charge < -0.3 is 24.5 Å². The molecule has 2 amide bonds. The molecule has 0 radical (unpaired) electrons. The number of benzene rings is 1. The number of fused-ring (bicyclic) bond motifs is 2. The molecule has 7 heteroatoms. The van der Waals surface area contributed by atoms with Gasteiger partial charge in [-0.25, -0.2) is 9.78 Å². The van der Waals surface area contributed by atoms with Crippen molar-refractivity contribution in [3.8, 4) is 11.5 Å². The van der Waals surface area contributed by atoms with Crippen LogP contribution in [0.3, 0.4) is 0 Å². The van der Waals surface area contributed by atoms with E-state index in [4.69, 9.17) is 9.47 Å². The van der Waals surface area contributed by atoms with Crippen molar-refractivity contribution in [1.82, 2.24) is 20.0 Å². The zero-order valence-corrected chi connectivity index (χ0v) is 13.8. The number of nitrogens with one attached hydrogen (secondary N) is 2. The minimum atomic E-state index is -0.245. The lowest BCUT2D eigenvalue weighted by Gasteiger charge is -2.07. The fourth-order valence-corrected chi connectivity index (χ4v) is 2.69. The summed E-state index contributed by atoms with van der Waals surface area (Å²) in [6, 6.07) is 9.39. The van der Waals surface area contributed by atoms with Gasteiger partial charge in [0.25, 0.3) is 0 Å². The van der Waals surface area contributed by atoms with Crippen LogP contribution in [0.25, 0.3) is 5.65 Å². The maximum Gasteiger partial charge on any atom is 0.315 e. The highest BCUT2D eigenvalue weighted by Gasteiger charge is 2.13. The summed E-state index contributed by atoms with van der Waals surface area (Å²) in [5.41, 5.74) is 3.78. The Bertz CT molecular complexity index is 935. The molecule has 0 saturated heterocycles. The van der Waals surface area contributed by atoms with E-state index in [1.54, 1.807) is 0 Å². The highest BCUT2D eigenvalue weighted by molar-refractivity contribution is 5.73. The molecule has 25 heavy (non-hydrogen) atoms. The molecular weight excluding hydrogens is 320 g/mol. The van der Waals surface area contributed by atoms with Crippen molar-refractivity contribution < 1.29 is 14.3 Å². The second-order valence-corrected chi connectivity index (χ2v) is 5.93. The molecule has 3 aromatic rings.